The molecule has 1 rings (SSSR count). The van der Waals surface area contributed by atoms with Crippen LogP contribution in [0, 0.1) is 0 Å². The lowest BCUT2D eigenvalue weighted by molar-refractivity contribution is 0.281. The Hall–Kier alpha value is -1.80. The Morgan fingerprint density at radius 2 is 2.05 bits per heavy atom. The highest BCUT2D eigenvalue weighted by atomic mass is 32.2. The number of nitrogens with zero attached hydrogens (tertiary/aromatic N) is 2. The largest absolute Gasteiger partial charge is 0.492 e. The van der Waals surface area contributed by atoms with Gasteiger partial charge in [-0.05, 0) is 19.1 Å². The van der Waals surface area contributed by atoms with Crippen molar-refractivity contribution < 1.29 is 13.2 Å². The average molecular weight is 328 g/mol. The predicted molar refractivity (Wildman–Crippen MR) is 88.5 cm³/mol. The number of benzene rings is 1. The average Bonchev–Trinajstić information content (AvgIpc) is 2.46. The smallest absolute Gasteiger partial charge is 0.210 e. The van der Waals surface area contributed by atoms with E-state index in [2.05, 4.69) is 10.3 Å². The number of nitrogens with two attached hydrogens (primary N) is 1. The molecule has 0 spiro atoms. The summed E-state index contributed by atoms with van der Waals surface area (Å²) < 4.78 is 27.5. The van der Waals surface area contributed by atoms with E-state index in [1.807, 2.05) is 49.2 Å². The summed E-state index contributed by atoms with van der Waals surface area (Å²) in [7, 11) is -1.62. The Balaban J connectivity index is 2.46. The topological polar surface area (TPSA) is 97.0 Å². The second-order valence-electron chi connectivity index (χ2n) is 4.69. The first-order valence-corrected chi connectivity index (χ1v) is 8.81. The molecule has 0 bridgehead atoms. The Morgan fingerprint density at radius 1 is 1.36 bits per heavy atom. The maximum Gasteiger partial charge on any atom is 0.210 e. The van der Waals surface area contributed by atoms with E-state index >= 15 is 0 Å². The summed E-state index contributed by atoms with van der Waals surface area (Å²) in [5, 5.41) is 8.07. The summed E-state index contributed by atoms with van der Waals surface area (Å²) in [5.41, 5.74) is 0. The van der Waals surface area contributed by atoms with Crippen molar-refractivity contribution in [3.8, 4) is 5.75 Å². The molecule has 8 heteroatoms. The van der Waals surface area contributed by atoms with Gasteiger partial charge in [-0.2, -0.15) is 0 Å². The molecule has 1 aromatic carbocycles. The van der Waals surface area contributed by atoms with Gasteiger partial charge in [0.2, 0.25) is 10.0 Å². The monoisotopic (exact) mass is 328 g/mol. The summed E-state index contributed by atoms with van der Waals surface area (Å²) in [4.78, 5) is 6.13. The van der Waals surface area contributed by atoms with Gasteiger partial charge in [-0.3, -0.25) is 4.99 Å². The standard InChI is InChI=1S/C14H24N4O3S/c1-3-16-14(17-9-12-22(15,19)20)18(2)10-11-21-13-7-5-4-6-8-13/h4-8H,3,9-12H2,1-2H3,(H,16,17)(H2,15,19,20). The van der Waals surface area contributed by atoms with Gasteiger partial charge in [0, 0.05) is 13.6 Å². The molecule has 1 aromatic rings. The van der Waals surface area contributed by atoms with E-state index in [0.717, 1.165) is 5.75 Å². The van der Waals surface area contributed by atoms with Crippen LogP contribution in [0.4, 0.5) is 0 Å². The third kappa shape index (κ3) is 7.84. The van der Waals surface area contributed by atoms with E-state index in [-0.39, 0.29) is 12.3 Å². The van der Waals surface area contributed by atoms with E-state index in [1.165, 1.54) is 0 Å². The maximum atomic E-state index is 10.9. The number of likely N-dealkylation sites (N-methyl/N-ethyl adjacent to an activating group) is 1. The van der Waals surface area contributed by atoms with Gasteiger partial charge in [0.1, 0.15) is 12.4 Å². The van der Waals surface area contributed by atoms with Crippen LogP contribution in [0.1, 0.15) is 6.92 Å². The fourth-order valence-corrected chi connectivity index (χ4v) is 2.02. The van der Waals surface area contributed by atoms with E-state index in [9.17, 15) is 8.42 Å². The summed E-state index contributed by atoms with van der Waals surface area (Å²) in [5.74, 6) is 1.27. The number of hydrogen-bond acceptors (Lipinski definition) is 4. The molecule has 0 unspecified atom stereocenters. The van der Waals surface area contributed by atoms with E-state index in [1.54, 1.807) is 0 Å². The molecule has 3 N–H and O–H groups in total. The van der Waals surface area contributed by atoms with Gasteiger partial charge in [0.15, 0.2) is 5.96 Å². The van der Waals surface area contributed by atoms with Crippen LogP contribution < -0.4 is 15.2 Å². The molecule has 22 heavy (non-hydrogen) atoms. The van der Waals surface area contributed by atoms with Crippen LogP contribution in [-0.4, -0.2) is 58.3 Å². The minimum Gasteiger partial charge on any atom is -0.492 e. The highest BCUT2D eigenvalue weighted by Gasteiger charge is 2.07. The highest BCUT2D eigenvalue weighted by molar-refractivity contribution is 7.89. The molecule has 0 fully saturated rings. The Kier molecular flexibility index (Phi) is 7.69. The highest BCUT2D eigenvalue weighted by Crippen LogP contribution is 2.07. The predicted octanol–water partition coefficient (Wildman–Crippen LogP) is 0.251. The van der Waals surface area contributed by atoms with Crippen LogP contribution in [-0.2, 0) is 10.0 Å². The SMILES string of the molecule is CCNC(=NCCS(N)(=O)=O)N(C)CCOc1ccccc1. The molecule has 0 saturated heterocycles. The minimum atomic E-state index is -3.49. The normalized spacial score (nSPS) is 12.0. The molecule has 0 heterocycles. The summed E-state index contributed by atoms with van der Waals surface area (Å²) in [6.45, 7) is 3.89. The zero-order chi connectivity index (χ0) is 16.4. The molecule has 0 amide bonds. The first-order chi connectivity index (χ1) is 10.4. The first-order valence-electron chi connectivity index (χ1n) is 7.10. The van der Waals surface area contributed by atoms with Gasteiger partial charge in [-0.15, -0.1) is 0 Å². The number of rotatable bonds is 8. The number of hydrogen-bond donors (Lipinski definition) is 2. The molecule has 0 atom stereocenters. The second-order valence-corrected chi connectivity index (χ2v) is 6.42. The van der Waals surface area contributed by atoms with Gasteiger partial charge >= 0.3 is 0 Å². The minimum absolute atomic E-state index is 0.130. The van der Waals surface area contributed by atoms with Gasteiger partial charge < -0.3 is 15.0 Å². The number of guanidine groups is 1. The molecule has 0 aliphatic heterocycles. The van der Waals surface area contributed by atoms with E-state index < -0.39 is 10.0 Å². The van der Waals surface area contributed by atoms with E-state index in [4.69, 9.17) is 9.88 Å². The third-order valence-electron chi connectivity index (χ3n) is 2.77. The quantitative estimate of drug-likeness (QED) is 0.527. The van der Waals surface area contributed by atoms with Crippen molar-refractivity contribution in [2.75, 3.05) is 39.0 Å². The van der Waals surface area contributed by atoms with Crippen molar-refractivity contribution >= 4 is 16.0 Å². The zero-order valence-electron chi connectivity index (χ0n) is 13.0. The fraction of sp³-hybridized carbons (Fsp3) is 0.500. The van der Waals surface area contributed by atoms with Crippen LogP contribution in [0.2, 0.25) is 0 Å². The van der Waals surface area contributed by atoms with Crippen molar-refractivity contribution in [2.45, 2.75) is 6.92 Å². The fourth-order valence-electron chi connectivity index (χ4n) is 1.67. The van der Waals surface area contributed by atoms with Crippen molar-refractivity contribution in [3.63, 3.8) is 0 Å². The van der Waals surface area contributed by atoms with Crippen molar-refractivity contribution in [2.24, 2.45) is 10.1 Å². The Morgan fingerprint density at radius 3 is 2.64 bits per heavy atom. The molecule has 0 saturated carbocycles. The summed E-state index contributed by atoms with van der Waals surface area (Å²) >= 11 is 0. The molecule has 0 aliphatic rings. The van der Waals surface area contributed by atoms with E-state index in [0.29, 0.717) is 25.7 Å². The maximum absolute atomic E-state index is 10.9. The number of aliphatic imine (C=N–C) groups is 1. The van der Waals surface area contributed by atoms with Crippen LogP contribution in [0.15, 0.2) is 35.3 Å². The van der Waals surface area contributed by atoms with Crippen molar-refractivity contribution in [1.82, 2.24) is 10.2 Å². The Labute approximate surface area is 132 Å². The Bertz CT molecular complexity index is 561. The molecule has 124 valence electrons. The van der Waals surface area contributed by atoms with Gasteiger partial charge in [-0.25, -0.2) is 13.6 Å². The van der Waals surface area contributed by atoms with Crippen molar-refractivity contribution in [3.05, 3.63) is 30.3 Å². The van der Waals surface area contributed by atoms with Gasteiger partial charge in [0.25, 0.3) is 0 Å². The second kappa shape index (κ2) is 9.26. The molecule has 0 aliphatic carbocycles. The molecule has 7 nitrogen and oxygen atoms in total. The van der Waals surface area contributed by atoms with Crippen LogP contribution >= 0.6 is 0 Å². The lowest BCUT2D eigenvalue weighted by Gasteiger charge is -2.22. The summed E-state index contributed by atoms with van der Waals surface area (Å²) in [6, 6.07) is 9.55. The first kappa shape index (κ1) is 18.2. The molecular weight excluding hydrogens is 304 g/mol. The number of ether oxygens (including phenoxy) is 1. The van der Waals surface area contributed by atoms with Crippen LogP contribution in [0.25, 0.3) is 0 Å². The molecular formula is C14H24N4O3S. The van der Waals surface area contributed by atoms with Crippen LogP contribution in [0.3, 0.4) is 0 Å². The number of para-hydroxylation sites is 1. The molecule has 0 radical (unpaired) electrons. The van der Waals surface area contributed by atoms with Gasteiger partial charge in [-0.1, -0.05) is 18.2 Å². The third-order valence-corrected chi connectivity index (χ3v) is 3.52. The lowest BCUT2D eigenvalue weighted by Crippen LogP contribution is -2.41. The molecule has 0 aromatic heterocycles. The van der Waals surface area contributed by atoms with Crippen molar-refractivity contribution in [1.29, 1.82) is 0 Å². The van der Waals surface area contributed by atoms with Crippen LogP contribution in [0.5, 0.6) is 5.75 Å². The number of nitrogens with one attached hydrogen (secondary N) is 1. The zero-order valence-corrected chi connectivity index (χ0v) is 13.8. The lowest BCUT2D eigenvalue weighted by atomic mass is 10.3. The number of primary sulfonamides is 1. The van der Waals surface area contributed by atoms with Gasteiger partial charge in [0.05, 0.1) is 18.8 Å². The summed E-state index contributed by atoms with van der Waals surface area (Å²) in [6.07, 6.45) is 0. The number of sulfonamides is 1.